The zero-order valence-corrected chi connectivity index (χ0v) is 13.9. The third-order valence-electron chi connectivity index (χ3n) is 3.85. The van der Waals surface area contributed by atoms with Gasteiger partial charge in [0, 0.05) is 5.02 Å². The molecule has 2 aromatic rings. The van der Waals surface area contributed by atoms with E-state index in [2.05, 4.69) is 61.6 Å². The summed E-state index contributed by atoms with van der Waals surface area (Å²) in [4.78, 5) is 0. The van der Waals surface area contributed by atoms with E-state index >= 15 is 0 Å². The number of benzene rings is 2. The summed E-state index contributed by atoms with van der Waals surface area (Å²) >= 11 is 6.38. The van der Waals surface area contributed by atoms with Crippen molar-refractivity contribution in [1.29, 1.82) is 0 Å². The van der Waals surface area contributed by atoms with Gasteiger partial charge >= 0.3 is 0 Å². The molecule has 112 valence electrons. The molecule has 0 amide bonds. The van der Waals surface area contributed by atoms with Crippen molar-refractivity contribution in [3.8, 4) is 0 Å². The van der Waals surface area contributed by atoms with Crippen LogP contribution in [0.5, 0.6) is 0 Å². The van der Waals surface area contributed by atoms with E-state index in [1.54, 1.807) is 0 Å². The fourth-order valence-corrected chi connectivity index (χ4v) is 3.00. The summed E-state index contributed by atoms with van der Waals surface area (Å²) in [6.45, 7) is 5.20. The molecule has 1 unspecified atom stereocenters. The van der Waals surface area contributed by atoms with Crippen LogP contribution in [0.2, 0.25) is 5.02 Å². The van der Waals surface area contributed by atoms with Crippen LogP contribution in [-0.2, 0) is 12.8 Å². The molecular formula is C19H24ClN. The van der Waals surface area contributed by atoms with Crippen LogP contribution < -0.4 is 5.32 Å². The van der Waals surface area contributed by atoms with Gasteiger partial charge in [-0.05, 0) is 69.0 Å². The van der Waals surface area contributed by atoms with Crippen LogP contribution in [0.4, 0.5) is 0 Å². The molecule has 0 radical (unpaired) electrons. The molecule has 21 heavy (non-hydrogen) atoms. The highest BCUT2D eigenvalue weighted by Crippen LogP contribution is 2.22. The highest BCUT2D eigenvalue weighted by Gasteiger charge is 2.12. The van der Waals surface area contributed by atoms with Crippen LogP contribution in [0.25, 0.3) is 0 Å². The zero-order chi connectivity index (χ0) is 15.2. The molecule has 0 aliphatic rings. The number of halogens is 1. The Bertz CT molecular complexity index is 575. The van der Waals surface area contributed by atoms with Crippen molar-refractivity contribution in [2.45, 2.75) is 26.7 Å². The van der Waals surface area contributed by atoms with Gasteiger partial charge in [0.05, 0.1) is 0 Å². The van der Waals surface area contributed by atoms with E-state index in [4.69, 9.17) is 11.6 Å². The number of nitrogens with one attached hydrogen (secondary N) is 1. The maximum atomic E-state index is 6.38. The lowest BCUT2D eigenvalue weighted by Gasteiger charge is -2.18. The molecule has 0 bridgehead atoms. The zero-order valence-electron chi connectivity index (χ0n) is 13.1. The molecule has 0 fully saturated rings. The molecule has 2 rings (SSSR count). The van der Waals surface area contributed by atoms with Gasteiger partial charge in [0.1, 0.15) is 0 Å². The van der Waals surface area contributed by atoms with Crippen LogP contribution >= 0.6 is 11.6 Å². The van der Waals surface area contributed by atoms with Crippen LogP contribution in [0, 0.1) is 19.8 Å². The van der Waals surface area contributed by atoms with Gasteiger partial charge in [0.25, 0.3) is 0 Å². The number of hydrogen-bond donors (Lipinski definition) is 1. The largest absolute Gasteiger partial charge is 0.319 e. The summed E-state index contributed by atoms with van der Waals surface area (Å²) in [6, 6.07) is 15.2. The maximum absolute atomic E-state index is 6.38. The van der Waals surface area contributed by atoms with E-state index in [0.29, 0.717) is 5.92 Å². The highest BCUT2D eigenvalue weighted by atomic mass is 35.5. The second-order valence-corrected chi connectivity index (χ2v) is 6.32. The molecule has 0 saturated carbocycles. The first kappa shape index (κ1) is 16.1. The Morgan fingerprint density at radius 1 is 0.952 bits per heavy atom. The third-order valence-corrected chi connectivity index (χ3v) is 4.21. The lowest BCUT2D eigenvalue weighted by molar-refractivity contribution is 0.493. The molecule has 0 spiro atoms. The molecule has 2 heteroatoms. The van der Waals surface area contributed by atoms with Crippen molar-refractivity contribution >= 4 is 11.6 Å². The molecule has 1 nitrogen and oxygen atoms in total. The van der Waals surface area contributed by atoms with Crippen molar-refractivity contribution in [3.05, 3.63) is 69.7 Å². The lowest BCUT2D eigenvalue weighted by atomic mass is 9.92. The summed E-state index contributed by atoms with van der Waals surface area (Å²) in [7, 11) is 2.01. The second-order valence-electron chi connectivity index (χ2n) is 5.91. The Balaban J connectivity index is 2.09. The molecule has 0 aliphatic heterocycles. The minimum Gasteiger partial charge on any atom is -0.319 e. The van der Waals surface area contributed by atoms with Gasteiger partial charge in [-0.3, -0.25) is 0 Å². The predicted molar refractivity (Wildman–Crippen MR) is 92.2 cm³/mol. The molecule has 1 atom stereocenters. The molecular weight excluding hydrogens is 278 g/mol. The minimum atomic E-state index is 0.554. The van der Waals surface area contributed by atoms with Gasteiger partial charge in [-0.15, -0.1) is 0 Å². The monoisotopic (exact) mass is 301 g/mol. The van der Waals surface area contributed by atoms with Crippen molar-refractivity contribution in [2.24, 2.45) is 5.92 Å². The summed E-state index contributed by atoms with van der Waals surface area (Å²) in [5, 5.41) is 4.20. The van der Waals surface area contributed by atoms with Crippen LogP contribution in [0.1, 0.15) is 22.3 Å². The average Bonchev–Trinajstić information content (AvgIpc) is 2.44. The number of rotatable bonds is 6. The van der Waals surface area contributed by atoms with Gasteiger partial charge in [0.15, 0.2) is 0 Å². The highest BCUT2D eigenvalue weighted by molar-refractivity contribution is 6.31. The van der Waals surface area contributed by atoms with Crippen molar-refractivity contribution in [2.75, 3.05) is 13.6 Å². The molecule has 0 saturated heterocycles. The predicted octanol–water partition coefficient (Wildman–Crippen LogP) is 4.58. The van der Waals surface area contributed by atoms with E-state index in [-0.39, 0.29) is 0 Å². The van der Waals surface area contributed by atoms with Gasteiger partial charge < -0.3 is 5.32 Å². The maximum Gasteiger partial charge on any atom is 0.0440 e. The van der Waals surface area contributed by atoms with Crippen molar-refractivity contribution in [1.82, 2.24) is 5.32 Å². The molecule has 0 aliphatic carbocycles. The van der Waals surface area contributed by atoms with Gasteiger partial charge in [-0.1, -0.05) is 53.6 Å². The van der Waals surface area contributed by atoms with Crippen LogP contribution in [-0.4, -0.2) is 13.6 Å². The Hall–Kier alpha value is -1.31. The first-order valence-electron chi connectivity index (χ1n) is 7.53. The molecule has 2 aromatic carbocycles. The van der Waals surface area contributed by atoms with Crippen LogP contribution in [0.3, 0.4) is 0 Å². The van der Waals surface area contributed by atoms with Gasteiger partial charge in [0.2, 0.25) is 0 Å². The van der Waals surface area contributed by atoms with Crippen molar-refractivity contribution < 1.29 is 0 Å². The van der Waals surface area contributed by atoms with E-state index in [1.165, 1.54) is 22.3 Å². The standard InChI is InChI=1S/C19H24ClN/c1-14-4-7-16(8-5-14)11-17(13-21-3)12-18-9-6-15(2)10-19(18)20/h4-10,17,21H,11-13H2,1-3H3. The average molecular weight is 302 g/mol. The van der Waals surface area contributed by atoms with E-state index < -0.39 is 0 Å². The Kier molecular flexibility index (Phi) is 5.84. The fourth-order valence-electron chi connectivity index (χ4n) is 2.69. The first-order chi connectivity index (χ1) is 10.1. The lowest BCUT2D eigenvalue weighted by Crippen LogP contribution is -2.23. The normalized spacial score (nSPS) is 12.4. The Labute approximate surface area is 133 Å². The molecule has 0 aromatic heterocycles. The number of hydrogen-bond acceptors (Lipinski definition) is 1. The first-order valence-corrected chi connectivity index (χ1v) is 7.91. The smallest absolute Gasteiger partial charge is 0.0440 e. The third kappa shape index (κ3) is 4.87. The second kappa shape index (κ2) is 7.63. The van der Waals surface area contributed by atoms with E-state index in [1.807, 2.05) is 7.05 Å². The summed E-state index contributed by atoms with van der Waals surface area (Å²) in [5.74, 6) is 0.554. The molecule has 0 heterocycles. The Morgan fingerprint density at radius 3 is 2.24 bits per heavy atom. The van der Waals surface area contributed by atoms with E-state index in [0.717, 1.165) is 24.4 Å². The van der Waals surface area contributed by atoms with E-state index in [9.17, 15) is 0 Å². The molecule has 1 N–H and O–H groups in total. The topological polar surface area (TPSA) is 12.0 Å². The summed E-state index contributed by atoms with van der Waals surface area (Å²) < 4.78 is 0. The van der Waals surface area contributed by atoms with Crippen molar-refractivity contribution in [3.63, 3.8) is 0 Å². The fraction of sp³-hybridized carbons (Fsp3) is 0.368. The minimum absolute atomic E-state index is 0.554. The summed E-state index contributed by atoms with van der Waals surface area (Å²) in [6.07, 6.45) is 2.08. The van der Waals surface area contributed by atoms with Crippen LogP contribution in [0.15, 0.2) is 42.5 Å². The van der Waals surface area contributed by atoms with Gasteiger partial charge in [-0.2, -0.15) is 0 Å². The summed E-state index contributed by atoms with van der Waals surface area (Å²) in [5.41, 5.74) is 5.16. The van der Waals surface area contributed by atoms with Gasteiger partial charge in [-0.25, -0.2) is 0 Å². The SMILES string of the molecule is CNCC(Cc1ccc(C)cc1)Cc1ccc(C)cc1Cl. The Morgan fingerprint density at radius 2 is 1.62 bits per heavy atom. The quantitative estimate of drug-likeness (QED) is 0.823. The number of aryl methyl sites for hydroxylation is 2.